The number of nitrogens with two attached hydrogens (primary N) is 2. The average Bonchev–Trinajstić information content (AvgIpc) is 3.58. The third-order valence-corrected chi connectivity index (χ3v) is 8.34. The Balaban J connectivity index is 1.17. The first-order valence-electron chi connectivity index (χ1n) is 11.0. The number of nitrogens with zero attached hydrogens (tertiary/aromatic N) is 8. The number of halogens is 1. The van der Waals surface area contributed by atoms with Crippen molar-refractivity contribution in [3.8, 4) is 5.82 Å². The standard InChI is InChI=1S/C22H23ClN10S/c23-17-15(3-7-26-20(17)32-9-1-6-28-32)34-21-19(25)30-16(12-27-21)31-10-4-22(5-11-31)13-33-14(18(22)24)2-8-29-33/h1-3,6-9,12,18H,4-5,10-11,13,24H2,(H2,25,30). The number of nitrogen functional groups attached to an aromatic ring is 1. The van der Waals surface area contributed by atoms with Gasteiger partial charge in [0.1, 0.15) is 10.8 Å². The molecule has 10 nitrogen and oxygen atoms in total. The molecule has 0 bridgehead atoms. The smallest absolute Gasteiger partial charge is 0.173 e. The molecule has 0 radical (unpaired) electrons. The Morgan fingerprint density at radius 1 is 1.09 bits per heavy atom. The van der Waals surface area contributed by atoms with Crippen LogP contribution in [0.15, 0.2) is 59.1 Å². The number of fused-ring (bicyclic) bond motifs is 1. The van der Waals surface area contributed by atoms with E-state index in [4.69, 9.17) is 23.1 Å². The van der Waals surface area contributed by atoms with Crippen LogP contribution in [-0.2, 0) is 6.54 Å². The van der Waals surface area contributed by atoms with E-state index in [1.165, 1.54) is 11.8 Å². The highest BCUT2D eigenvalue weighted by Crippen LogP contribution is 2.48. The first-order valence-corrected chi connectivity index (χ1v) is 12.2. The van der Waals surface area contributed by atoms with E-state index in [0.717, 1.165) is 48.9 Å². The van der Waals surface area contributed by atoms with Gasteiger partial charge < -0.3 is 16.4 Å². The summed E-state index contributed by atoms with van der Waals surface area (Å²) in [6.07, 6.45) is 10.7. The van der Waals surface area contributed by atoms with E-state index in [2.05, 4.69) is 30.0 Å². The molecular weight excluding hydrogens is 472 g/mol. The van der Waals surface area contributed by atoms with Crippen LogP contribution in [0.25, 0.3) is 5.82 Å². The van der Waals surface area contributed by atoms with Crippen molar-refractivity contribution >= 4 is 35.0 Å². The maximum atomic E-state index is 6.60. The minimum atomic E-state index is 0.0174. The first kappa shape index (κ1) is 21.4. The molecule has 1 unspecified atom stereocenters. The molecule has 12 heteroatoms. The predicted octanol–water partition coefficient (Wildman–Crippen LogP) is 2.94. The molecule has 34 heavy (non-hydrogen) atoms. The highest BCUT2D eigenvalue weighted by molar-refractivity contribution is 7.99. The molecule has 0 aliphatic carbocycles. The number of pyridine rings is 1. The summed E-state index contributed by atoms with van der Waals surface area (Å²) in [5.74, 6) is 1.70. The van der Waals surface area contributed by atoms with Crippen molar-refractivity contribution in [3.63, 3.8) is 0 Å². The zero-order valence-electron chi connectivity index (χ0n) is 18.3. The second-order valence-corrected chi connectivity index (χ2v) is 10.1. The molecule has 4 aromatic heterocycles. The maximum Gasteiger partial charge on any atom is 0.173 e. The Morgan fingerprint density at radius 3 is 2.68 bits per heavy atom. The van der Waals surface area contributed by atoms with Gasteiger partial charge in [-0.1, -0.05) is 23.4 Å². The normalized spacial score (nSPS) is 19.0. The Labute approximate surface area is 205 Å². The van der Waals surface area contributed by atoms with Gasteiger partial charge in [0.2, 0.25) is 0 Å². The van der Waals surface area contributed by atoms with Crippen LogP contribution >= 0.6 is 23.4 Å². The Morgan fingerprint density at radius 2 is 1.94 bits per heavy atom. The quantitative estimate of drug-likeness (QED) is 0.439. The lowest BCUT2D eigenvalue weighted by Crippen LogP contribution is -2.45. The van der Waals surface area contributed by atoms with E-state index in [-0.39, 0.29) is 11.5 Å². The molecule has 4 N–H and O–H groups in total. The lowest BCUT2D eigenvalue weighted by molar-refractivity contribution is 0.170. The molecule has 1 spiro atoms. The molecule has 4 aromatic rings. The molecule has 1 saturated heterocycles. The van der Waals surface area contributed by atoms with Crippen LogP contribution in [0.4, 0.5) is 11.6 Å². The largest absolute Gasteiger partial charge is 0.381 e. The molecule has 0 aromatic carbocycles. The average molecular weight is 495 g/mol. The first-order chi connectivity index (χ1) is 16.5. The van der Waals surface area contributed by atoms with Crippen LogP contribution in [-0.4, -0.2) is 47.6 Å². The predicted molar refractivity (Wildman–Crippen MR) is 130 cm³/mol. The van der Waals surface area contributed by atoms with Gasteiger partial charge in [0.15, 0.2) is 11.6 Å². The number of hydrogen-bond donors (Lipinski definition) is 2. The van der Waals surface area contributed by atoms with Gasteiger partial charge in [-0.3, -0.25) is 4.68 Å². The van der Waals surface area contributed by atoms with E-state index in [9.17, 15) is 0 Å². The second-order valence-electron chi connectivity index (χ2n) is 8.66. The fourth-order valence-electron chi connectivity index (χ4n) is 4.87. The van der Waals surface area contributed by atoms with E-state index in [1.807, 2.05) is 29.1 Å². The van der Waals surface area contributed by atoms with Crippen molar-refractivity contribution in [1.29, 1.82) is 0 Å². The molecular formula is C22H23ClN10S. The van der Waals surface area contributed by atoms with Gasteiger partial charge in [0, 0.05) is 54.7 Å². The van der Waals surface area contributed by atoms with Crippen LogP contribution < -0.4 is 16.4 Å². The van der Waals surface area contributed by atoms with Crippen molar-refractivity contribution in [2.45, 2.75) is 35.3 Å². The van der Waals surface area contributed by atoms with E-state index < -0.39 is 0 Å². The van der Waals surface area contributed by atoms with Gasteiger partial charge >= 0.3 is 0 Å². The van der Waals surface area contributed by atoms with Crippen LogP contribution in [0.2, 0.25) is 5.02 Å². The highest BCUT2D eigenvalue weighted by Gasteiger charge is 2.47. The Bertz CT molecular complexity index is 1330. The summed E-state index contributed by atoms with van der Waals surface area (Å²) in [4.78, 5) is 16.6. The molecule has 0 amide bonds. The Kier molecular flexibility index (Phi) is 5.19. The number of aromatic nitrogens is 7. The van der Waals surface area contributed by atoms with Crippen LogP contribution in [0, 0.1) is 5.41 Å². The molecule has 1 fully saturated rings. The van der Waals surface area contributed by atoms with Crippen molar-refractivity contribution in [3.05, 3.63) is 59.9 Å². The summed E-state index contributed by atoms with van der Waals surface area (Å²) >= 11 is 7.95. The number of rotatable bonds is 4. The summed E-state index contributed by atoms with van der Waals surface area (Å²) in [6, 6.07) is 5.69. The van der Waals surface area contributed by atoms with E-state index in [1.54, 1.807) is 29.5 Å². The van der Waals surface area contributed by atoms with E-state index in [0.29, 0.717) is 21.7 Å². The van der Waals surface area contributed by atoms with Crippen LogP contribution in [0.3, 0.4) is 0 Å². The molecule has 2 aliphatic heterocycles. The topological polar surface area (TPSA) is 130 Å². The fraction of sp³-hybridized carbons (Fsp3) is 0.318. The summed E-state index contributed by atoms with van der Waals surface area (Å²) in [7, 11) is 0. The summed E-state index contributed by atoms with van der Waals surface area (Å²) < 4.78 is 3.67. The summed E-state index contributed by atoms with van der Waals surface area (Å²) in [5.41, 5.74) is 14.1. The maximum absolute atomic E-state index is 6.60. The van der Waals surface area contributed by atoms with Gasteiger partial charge in [0.25, 0.3) is 0 Å². The van der Waals surface area contributed by atoms with Gasteiger partial charge in [-0.2, -0.15) is 10.2 Å². The molecule has 1 atom stereocenters. The monoisotopic (exact) mass is 494 g/mol. The summed E-state index contributed by atoms with van der Waals surface area (Å²) in [5, 5.41) is 9.70. The van der Waals surface area contributed by atoms with Gasteiger partial charge in [0.05, 0.1) is 23.0 Å². The van der Waals surface area contributed by atoms with Crippen molar-refractivity contribution in [2.75, 3.05) is 23.7 Å². The van der Waals surface area contributed by atoms with Crippen molar-refractivity contribution < 1.29 is 0 Å². The summed E-state index contributed by atoms with van der Waals surface area (Å²) in [6.45, 7) is 2.58. The van der Waals surface area contributed by atoms with Crippen LogP contribution in [0.1, 0.15) is 24.6 Å². The lowest BCUT2D eigenvalue weighted by Gasteiger charge is -2.41. The molecule has 2 aliphatic rings. The second kappa shape index (κ2) is 8.26. The zero-order valence-corrected chi connectivity index (χ0v) is 19.8. The fourth-order valence-corrected chi connectivity index (χ4v) is 5.95. The van der Waals surface area contributed by atoms with Crippen molar-refractivity contribution in [2.24, 2.45) is 11.1 Å². The third kappa shape index (κ3) is 3.51. The van der Waals surface area contributed by atoms with Crippen molar-refractivity contribution in [1.82, 2.24) is 34.5 Å². The van der Waals surface area contributed by atoms with Gasteiger partial charge in [-0.15, -0.1) is 0 Å². The third-order valence-electron chi connectivity index (χ3n) is 6.79. The highest BCUT2D eigenvalue weighted by atomic mass is 35.5. The number of hydrogen-bond acceptors (Lipinski definition) is 9. The molecule has 174 valence electrons. The number of anilines is 2. The molecule has 6 heterocycles. The molecule has 6 rings (SSSR count). The van der Waals surface area contributed by atoms with Gasteiger partial charge in [-0.25, -0.2) is 19.6 Å². The SMILES string of the molecule is Nc1nc(N2CCC3(CC2)Cn2nccc2C3N)cnc1Sc1ccnc(-n2cccn2)c1Cl. The minimum absolute atomic E-state index is 0.0174. The van der Waals surface area contributed by atoms with Gasteiger partial charge in [-0.05, 0) is 31.0 Å². The number of piperidine rings is 1. The Hall–Kier alpha value is -3.15. The van der Waals surface area contributed by atoms with Crippen LogP contribution in [0.5, 0.6) is 0 Å². The zero-order chi connectivity index (χ0) is 23.3. The minimum Gasteiger partial charge on any atom is -0.381 e. The van der Waals surface area contributed by atoms with E-state index >= 15 is 0 Å². The lowest BCUT2D eigenvalue weighted by atomic mass is 9.73. The molecule has 0 saturated carbocycles.